The Hall–Kier alpha value is -4.70. The van der Waals surface area contributed by atoms with Crippen molar-refractivity contribution in [3.8, 4) is 0 Å². The first-order valence-electron chi connectivity index (χ1n) is 20.7. The fraction of sp³-hybridized carbons (Fsp3) is 0.391. The van der Waals surface area contributed by atoms with Gasteiger partial charge in [-0.15, -0.1) is 0 Å². The molecule has 322 valence electrons. The van der Waals surface area contributed by atoms with E-state index in [9.17, 15) is 30.0 Å². The van der Waals surface area contributed by atoms with Crippen LogP contribution in [-0.4, -0.2) is 109 Å². The zero-order valence-electron chi connectivity index (χ0n) is 34.5. The van der Waals surface area contributed by atoms with Crippen molar-refractivity contribution in [2.45, 2.75) is 38.8 Å². The lowest BCUT2D eigenvalue weighted by molar-refractivity contribution is -0.697. The number of carbonyl (C=O) groups is 2. The molecular weight excluding hydrogens is 797 g/mol. The molecule has 0 aliphatic rings. The van der Waals surface area contributed by atoms with Gasteiger partial charge in [0.05, 0.1) is 26.4 Å². The number of aliphatic hydroxyl groups excluding tert-OH is 4. The molecule has 2 heterocycles. The molecule has 0 fully saturated rings. The summed E-state index contributed by atoms with van der Waals surface area (Å²) in [6.07, 6.45) is 18.8. The minimum atomic E-state index is 0.0371. The fourth-order valence-corrected chi connectivity index (χ4v) is 8.08. The number of rotatable bonds is 29. The first-order valence-corrected chi connectivity index (χ1v) is 23.1. The van der Waals surface area contributed by atoms with Gasteiger partial charge in [-0.05, 0) is 46.5 Å². The number of benzene rings is 2. The summed E-state index contributed by atoms with van der Waals surface area (Å²) in [6.45, 7) is 4.83. The van der Waals surface area contributed by atoms with Crippen LogP contribution in [0.5, 0.6) is 0 Å². The van der Waals surface area contributed by atoms with E-state index in [4.69, 9.17) is 0 Å². The van der Waals surface area contributed by atoms with E-state index in [1.165, 1.54) is 0 Å². The van der Waals surface area contributed by atoms with Gasteiger partial charge in [0.1, 0.15) is 13.1 Å². The monoisotopic (exact) mass is 858 g/mol. The number of amides is 2. The average molecular weight is 859 g/mol. The van der Waals surface area contributed by atoms with Crippen LogP contribution in [0.1, 0.15) is 47.9 Å². The van der Waals surface area contributed by atoms with Crippen molar-refractivity contribution in [1.82, 2.24) is 10.6 Å². The standard InChI is InChI=1S/C46H60N6O6S2/c53-33-29-51(30-34-54)43-13-9-39(10-14-43)5-7-41-17-25-49(26-18-41)23-1-3-45(57)47-21-37-59-60-38-22-48-46(58)4-2-24-50-27-19-42(20-28-50)8-6-40-11-15-44(16-12-40)52(31-35-55)32-36-56/h5-20,25-28,53-56H,1-4,21-24,29-38H2/p+2. The highest BCUT2D eigenvalue weighted by Gasteiger charge is 2.09. The van der Waals surface area contributed by atoms with Gasteiger partial charge >= 0.3 is 0 Å². The SMILES string of the molecule is O=C(CCC[n+]1ccc(C=Cc2ccc(N(CCO)CCO)cc2)cc1)NCCSSCCNC(=O)CCC[n+]1ccc(C=Cc2ccc(N(CCO)CCO)cc2)cc1. The van der Waals surface area contributed by atoms with Crippen LogP contribution in [0.25, 0.3) is 24.3 Å². The minimum absolute atomic E-state index is 0.0371. The number of carbonyl (C=O) groups excluding carboxylic acids is 2. The molecule has 0 aliphatic carbocycles. The zero-order valence-corrected chi connectivity index (χ0v) is 36.1. The van der Waals surface area contributed by atoms with Crippen molar-refractivity contribution in [1.29, 1.82) is 0 Å². The van der Waals surface area contributed by atoms with Crippen LogP contribution in [0, 0.1) is 0 Å². The highest BCUT2D eigenvalue weighted by molar-refractivity contribution is 8.76. The topological polar surface area (TPSA) is 153 Å². The molecule has 4 aromatic rings. The van der Waals surface area contributed by atoms with Crippen LogP contribution in [0.2, 0.25) is 0 Å². The molecule has 12 nitrogen and oxygen atoms in total. The Balaban J connectivity index is 0.983. The normalized spacial score (nSPS) is 11.3. The van der Waals surface area contributed by atoms with Crippen LogP contribution in [0.3, 0.4) is 0 Å². The largest absolute Gasteiger partial charge is 0.395 e. The maximum Gasteiger partial charge on any atom is 0.220 e. The highest BCUT2D eigenvalue weighted by Crippen LogP contribution is 2.20. The second-order valence-corrected chi connectivity index (χ2v) is 16.7. The molecule has 4 rings (SSSR count). The Labute approximate surface area is 363 Å². The summed E-state index contributed by atoms with van der Waals surface area (Å²) in [5.74, 6) is 1.73. The smallest absolute Gasteiger partial charge is 0.220 e. The molecule has 2 aromatic heterocycles. The van der Waals surface area contributed by atoms with Crippen molar-refractivity contribution in [2.24, 2.45) is 0 Å². The second kappa shape index (κ2) is 28.7. The Kier molecular flexibility index (Phi) is 23.0. The number of aryl methyl sites for hydroxylation is 2. The maximum absolute atomic E-state index is 12.3. The number of hydrogen-bond donors (Lipinski definition) is 6. The van der Waals surface area contributed by atoms with E-state index in [-0.39, 0.29) is 38.2 Å². The van der Waals surface area contributed by atoms with Gasteiger partial charge in [0, 0.05) is 112 Å². The Morgan fingerprint density at radius 3 is 1.13 bits per heavy atom. The summed E-state index contributed by atoms with van der Waals surface area (Å²) >= 11 is 0. The summed E-state index contributed by atoms with van der Waals surface area (Å²) in [6, 6.07) is 24.3. The van der Waals surface area contributed by atoms with Gasteiger partial charge in [0.15, 0.2) is 24.8 Å². The van der Waals surface area contributed by atoms with Gasteiger partial charge < -0.3 is 40.9 Å². The van der Waals surface area contributed by atoms with Crippen molar-refractivity contribution in [2.75, 3.05) is 87.0 Å². The molecule has 0 spiro atoms. The molecule has 0 atom stereocenters. The van der Waals surface area contributed by atoms with E-state index in [2.05, 4.69) is 68.3 Å². The van der Waals surface area contributed by atoms with E-state index in [1.54, 1.807) is 21.6 Å². The number of anilines is 2. The van der Waals surface area contributed by atoms with Crippen LogP contribution in [0.15, 0.2) is 97.6 Å². The fourth-order valence-electron chi connectivity index (χ4n) is 6.26. The summed E-state index contributed by atoms with van der Waals surface area (Å²) in [5.41, 5.74) is 6.22. The molecule has 60 heavy (non-hydrogen) atoms. The van der Waals surface area contributed by atoms with Crippen LogP contribution < -0.4 is 29.6 Å². The van der Waals surface area contributed by atoms with Gasteiger partial charge in [-0.1, -0.05) is 70.2 Å². The highest BCUT2D eigenvalue weighted by atomic mass is 33.1. The first-order chi connectivity index (χ1) is 29.4. The summed E-state index contributed by atoms with van der Waals surface area (Å²) in [7, 11) is 3.39. The van der Waals surface area contributed by atoms with Crippen LogP contribution in [-0.2, 0) is 22.7 Å². The lowest BCUT2D eigenvalue weighted by atomic mass is 10.1. The third kappa shape index (κ3) is 18.7. The number of hydrogen-bond acceptors (Lipinski definition) is 10. The molecule has 0 aliphatic heterocycles. The second-order valence-electron chi connectivity index (χ2n) is 14.0. The third-order valence-corrected chi connectivity index (χ3v) is 11.9. The number of nitrogens with zero attached hydrogens (tertiary/aromatic N) is 4. The number of pyridine rings is 2. The first kappa shape index (κ1) is 48.0. The van der Waals surface area contributed by atoms with Crippen LogP contribution >= 0.6 is 21.6 Å². The van der Waals surface area contributed by atoms with Crippen molar-refractivity contribution >= 4 is 69.1 Å². The maximum atomic E-state index is 12.3. The molecule has 0 radical (unpaired) electrons. The van der Waals surface area contributed by atoms with Crippen molar-refractivity contribution < 1.29 is 39.1 Å². The predicted molar refractivity (Wildman–Crippen MR) is 246 cm³/mol. The van der Waals surface area contributed by atoms with Gasteiger partial charge in [-0.3, -0.25) is 9.59 Å². The van der Waals surface area contributed by atoms with Gasteiger partial charge in [0.25, 0.3) is 0 Å². The Morgan fingerprint density at radius 1 is 0.500 bits per heavy atom. The quantitative estimate of drug-likeness (QED) is 0.0268. The van der Waals surface area contributed by atoms with Crippen molar-refractivity contribution in [3.05, 3.63) is 120 Å². The van der Waals surface area contributed by atoms with Crippen LogP contribution in [0.4, 0.5) is 11.4 Å². The number of aliphatic hydroxyl groups is 4. The lowest BCUT2D eigenvalue weighted by Crippen LogP contribution is -2.34. The third-order valence-electron chi connectivity index (χ3n) is 9.51. The molecule has 2 aromatic carbocycles. The minimum Gasteiger partial charge on any atom is -0.395 e. The van der Waals surface area contributed by atoms with Gasteiger partial charge in [-0.2, -0.15) is 0 Å². The molecule has 0 bridgehead atoms. The number of nitrogens with one attached hydrogen (secondary N) is 2. The molecule has 6 N–H and O–H groups in total. The number of aromatic nitrogens is 2. The molecule has 2 amide bonds. The summed E-state index contributed by atoms with van der Waals surface area (Å²) in [4.78, 5) is 28.6. The Morgan fingerprint density at radius 2 is 0.817 bits per heavy atom. The molecule has 14 heteroatoms. The molecule has 0 unspecified atom stereocenters. The van der Waals surface area contributed by atoms with Gasteiger partial charge in [0.2, 0.25) is 11.8 Å². The average Bonchev–Trinajstić information content (AvgIpc) is 3.27. The molecule has 0 saturated heterocycles. The van der Waals surface area contributed by atoms with Crippen molar-refractivity contribution in [3.63, 3.8) is 0 Å². The van der Waals surface area contributed by atoms with E-state index >= 15 is 0 Å². The zero-order chi connectivity index (χ0) is 42.6. The van der Waals surface area contributed by atoms with E-state index in [1.807, 2.05) is 83.1 Å². The van der Waals surface area contributed by atoms with Gasteiger partial charge in [-0.25, -0.2) is 9.13 Å². The van der Waals surface area contributed by atoms with E-state index in [0.29, 0.717) is 52.1 Å². The summed E-state index contributed by atoms with van der Waals surface area (Å²) in [5, 5.41) is 43.1. The molecule has 0 saturated carbocycles. The Bertz CT molecular complexity index is 1710. The van der Waals surface area contributed by atoms with E-state index in [0.717, 1.165) is 71.1 Å². The lowest BCUT2D eigenvalue weighted by Gasteiger charge is -2.22. The predicted octanol–water partition coefficient (Wildman–Crippen LogP) is 4.06. The summed E-state index contributed by atoms with van der Waals surface area (Å²) < 4.78 is 4.17. The molecular formula is C46H62N6O6S2+2. The van der Waals surface area contributed by atoms with E-state index < -0.39 is 0 Å².